The number of nitrogens with zero attached hydrogens (tertiary/aromatic N) is 1. The largest absolute Gasteiger partial charge is 0.496 e. The molecule has 3 rings (SSSR count). The number of aliphatic hydroxyl groups is 1. The summed E-state index contributed by atoms with van der Waals surface area (Å²) in [5, 5.41) is 10.0. The second kappa shape index (κ2) is 7.68. The van der Waals surface area contributed by atoms with E-state index >= 15 is 0 Å². The van der Waals surface area contributed by atoms with Crippen molar-refractivity contribution >= 4 is 5.91 Å². The molecule has 1 fully saturated rings. The molecule has 5 nitrogen and oxygen atoms in total. The highest BCUT2D eigenvalue weighted by Gasteiger charge is 2.34. The van der Waals surface area contributed by atoms with Gasteiger partial charge in [-0.3, -0.25) is 4.79 Å². The van der Waals surface area contributed by atoms with E-state index in [1.54, 1.807) is 12.0 Å². The van der Waals surface area contributed by atoms with Crippen molar-refractivity contribution in [3.8, 4) is 16.9 Å². The maximum Gasteiger partial charge on any atom is 0.254 e. The molecule has 0 aliphatic carbocycles. The standard InChI is InChI=1S/C20H23NO4/c1-3-21(17-12-25-13-18(17)22)20(23)15-10-8-14(9-11-15)16-6-4-5-7-19(16)24-2/h4-11,17-18,22H,3,12-13H2,1-2H3/t17-,18-/m1/s1. The molecule has 1 aliphatic rings. The van der Waals surface area contributed by atoms with Crippen LogP contribution in [0.5, 0.6) is 5.75 Å². The van der Waals surface area contributed by atoms with Gasteiger partial charge < -0.3 is 19.5 Å². The van der Waals surface area contributed by atoms with Gasteiger partial charge in [0.1, 0.15) is 5.75 Å². The normalized spacial score (nSPS) is 19.6. The lowest BCUT2D eigenvalue weighted by Gasteiger charge is -2.28. The lowest BCUT2D eigenvalue weighted by molar-refractivity contribution is 0.0520. The van der Waals surface area contributed by atoms with Crippen LogP contribution in [0.3, 0.4) is 0 Å². The third kappa shape index (κ3) is 3.52. The zero-order chi connectivity index (χ0) is 17.8. The highest BCUT2D eigenvalue weighted by atomic mass is 16.5. The Morgan fingerprint density at radius 1 is 1.20 bits per heavy atom. The third-order valence-electron chi connectivity index (χ3n) is 4.57. The molecule has 132 valence electrons. The Kier molecular flexibility index (Phi) is 5.36. The highest BCUT2D eigenvalue weighted by molar-refractivity contribution is 5.95. The molecule has 1 saturated heterocycles. The Labute approximate surface area is 147 Å². The number of para-hydroxylation sites is 1. The van der Waals surface area contributed by atoms with Crippen LogP contribution in [0.15, 0.2) is 48.5 Å². The predicted molar refractivity (Wildman–Crippen MR) is 95.8 cm³/mol. The molecule has 1 N–H and O–H groups in total. The molecule has 0 unspecified atom stereocenters. The summed E-state index contributed by atoms with van der Waals surface area (Å²) in [4.78, 5) is 14.5. The Morgan fingerprint density at radius 3 is 2.52 bits per heavy atom. The molecular weight excluding hydrogens is 318 g/mol. The molecule has 2 atom stereocenters. The summed E-state index contributed by atoms with van der Waals surface area (Å²) in [5.74, 6) is 0.701. The molecule has 0 bridgehead atoms. The van der Waals surface area contributed by atoms with Gasteiger partial charge in [-0.05, 0) is 30.7 Å². The van der Waals surface area contributed by atoms with E-state index in [9.17, 15) is 9.90 Å². The molecule has 2 aromatic rings. The molecular formula is C20H23NO4. The maximum absolute atomic E-state index is 12.8. The number of rotatable bonds is 5. The minimum Gasteiger partial charge on any atom is -0.496 e. The third-order valence-corrected chi connectivity index (χ3v) is 4.57. The van der Waals surface area contributed by atoms with Crippen molar-refractivity contribution in [3.05, 3.63) is 54.1 Å². The van der Waals surface area contributed by atoms with Gasteiger partial charge in [0.2, 0.25) is 0 Å². The summed E-state index contributed by atoms with van der Waals surface area (Å²) >= 11 is 0. The van der Waals surface area contributed by atoms with Crippen LogP contribution in [0.1, 0.15) is 17.3 Å². The fourth-order valence-corrected chi connectivity index (χ4v) is 3.20. The summed E-state index contributed by atoms with van der Waals surface area (Å²) in [6.45, 7) is 3.09. The number of methoxy groups -OCH3 is 1. The average Bonchev–Trinajstić information content (AvgIpc) is 3.08. The van der Waals surface area contributed by atoms with Crippen LogP contribution in [-0.2, 0) is 4.74 Å². The number of ether oxygens (including phenoxy) is 2. The Morgan fingerprint density at radius 2 is 1.92 bits per heavy atom. The number of hydrogen-bond acceptors (Lipinski definition) is 4. The van der Waals surface area contributed by atoms with Gasteiger partial charge in [0.05, 0.1) is 32.5 Å². The highest BCUT2D eigenvalue weighted by Crippen LogP contribution is 2.29. The average molecular weight is 341 g/mol. The molecule has 1 amide bonds. The van der Waals surface area contributed by atoms with E-state index < -0.39 is 6.10 Å². The van der Waals surface area contributed by atoms with Gasteiger partial charge in [0, 0.05) is 17.7 Å². The number of aliphatic hydroxyl groups excluding tert-OH is 1. The first-order valence-corrected chi connectivity index (χ1v) is 8.46. The lowest BCUT2D eigenvalue weighted by atomic mass is 10.0. The number of amides is 1. The van der Waals surface area contributed by atoms with Crippen LogP contribution in [-0.4, -0.2) is 54.9 Å². The van der Waals surface area contributed by atoms with Crippen molar-refractivity contribution in [1.29, 1.82) is 0 Å². The zero-order valence-electron chi connectivity index (χ0n) is 14.5. The van der Waals surface area contributed by atoms with E-state index in [2.05, 4.69) is 0 Å². The maximum atomic E-state index is 12.8. The summed E-state index contributed by atoms with van der Waals surface area (Å²) in [7, 11) is 1.64. The molecule has 5 heteroatoms. The van der Waals surface area contributed by atoms with Crippen molar-refractivity contribution in [1.82, 2.24) is 4.90 Å². The van der Waals surface area contributed by atoms with Crippen LogP contribution in [0.25, 0.3) is 11.1 Å². The van der Waals surface area contributed by atoms with E-state index in [1.807, 2.05) is 55.5 Å². The van der Waals surface area contributed by atoms with Gasteiger partial charge >= 0.3 is 0 Å². The molecule has 0 aromatic heterocycles. The van der Waals surface area contributed by atoms with Crippen LogP contribution < -0.4 is 4.74 Å². The van der Waals surface area contributed by atoms with Crippen molar-refractivity contribution in [3.63, 3.8) is 0 Å². The Hall–Kier alpha value is -2.37. The fourth-order valence-electron chi connectivity index (χ4n) is 3.20. The molecule has 0 saturated carbocycles. The van der Waals surface area contributed by atoms with E-state index in [-0.39, 0.29) is 18.6 Å². The lowest BCUT2D eigenvalue weighted by Crippen LogP contribution is -2.46. The van der Waals surface area contributed by atoms with E-state index in [0.29, 0.717) is 18.7 Å². The van der Waals surface area contributed by atoms with Gasteiger partial charge in [0.15, 0.2) is 0 Å². The molecule has 0 spiro atoms. The summed E-state index contributed by atoms with van der Waals surface area (Å²) < 4.78 is 10.7. The minimum absolute atomic E-state index is 0.0939. The van der Waals surface area contributed by atoms with Crippen LogP contribution in [0.4, 0.5) is 0 Å². The summed E-state index contributed by atoms with van der Waals surface area (Å²) in [5.41, 5.74) is 2.57. The molecule has 2 aromatic carbocycles. The van der Waals surface area contributed by atoms with Crippen LogP contribution in [0.2, 0.25) is 0 Å². The van der Waals surface area contributed by atoms with E-state index in [4.69, 9.17) is 9.47 Å². The smallest absolute Gasteiger partial charge is 0.254 e. The Bertz CT molecular complexity index is 729. The van der Waals surface area contributed by atoms with Crippen LogP contribution in [0, 0.1) is 0 Å². The predicted octanol–water partition coefficient (Wildman–Crippen LogP) is 2.58. The molecule has 0 radical (unpaired) electrons. The minimum atomic E-state index is -0.628. The second-order valence-electron chi connectivity index (χ2n) is 6.04. The molecule has 1 heterocycles. The van der Waals surface area contributed by atoms with Gasteiger partial charge in [-0.1, -0.05) is 30.3 Å². The molecule has 25 heavy (non-hydrogen) atoms. The SMILES string of the molecule is CCN(C(=O)c1ccc(-c2ccccc2OC)cc1)[C@@H]1COC[C@H]1O. The topological polar surface area (TPSA) is 59.0 Å². The van der Waals surface area contributed by atoms with Crippen molar-refractivity contribution in [2.75, 3.05) is 26.9 Å². The van der Waals surface area contributed by atoms with Gasteiger partial charge in [-0.2, -0.15) is 0 Å². The van der Waals surface area contributed by atoms with E-state index in [0.717, 1.165) is 16.9 Å². The fraction of sp³-hybridized carbons (Fsp3) is 0.350. The monoisotopic (exact) mass is 341 g/mol. The van der Waals surface area contributed by atoms with Gasteiger partial charge in [-0.15, -0.1) is 0 Å². The number of carbonyl (C=O) groups is 1. The van der Waals surface area contributed by atoms with E-state index in [1.165, 1.54) is 0 Å². The first-order valence-electron chi connectivity index (χ1n) is 8.46. The number of hydrogen-bond donors (Lipinski definition) is 1. The number of likely N-dealkylation sites (N-methyl/N-ethyl adjacent to an activating group) is 1. The van der Waals surface area contributed by atoms with Crippen LogP contribution >= 0.6 is 0 Å². The first-order chi connectivity index (χ1) is 12.2. The molecule has 1 aliphatic heterocycles. The van der Waals surface area contributed by atoms with Crippen molar-refractivity contribution in [2.24, 2.45) is 0 Å². The van der Waals surface area contributed by atoms with Gasteiger partial charge in [-0.25, -0.2) is 0 Å². The van der Waals surface area contributed by atoms with Crippen molar-refractivity contribution < 1.29 is 19.4 Å². The number of carbonyl (C=O) groups excluding carboxylic acids is 1. The number of benzene rings is 2. The Balaban J connectivity index is 1.83. The second-order valence-corrected chi connectivity index (χ2v) is 6.04. The summed E-state index contributed by atoms with van der Waals surface area (Å²) in [6, 6.07) is 15.0. The quantitative estimate of drug-likeness (QED) is 0.908. The summed E-state index contributed by atoms with van der Waals surface area (Å²) in [6.07, 6.45) is -0.628. The first kappa shape index (κ1) is 17.5. The zero-order valence-corrected chi connectivity index (χ0v) is 14.5. The van der Waals surface area contributed by atoms with Crippen molar-refractivity contribution in [2.45, 2.75) is 19.1 Å². The van der Waals surface area contributed by atoms with Gasteiger partial charge in [0.25, 0.3) is 5.91 Å².